The Morgan fingerprint density at radius 1 is 0.900 bits per heavy atom. The van der Waals surface area contributed by atoms with Crippen LogP contribution in [-0.4, -0.2) is 31.7 Å². The van der Waals surface area contributed by atoms with Gasteiger partial charge in [-0.25, -0.2) is 8.42 Å². The number of rotatable bonds is 6. The third kappa shape index (κ3) is 4.47. The van der Waals surface area contributed by atoms with Crippen molar-refractivity contribution in [2.75, 3.05) is 18.4 Å². The number of nitrogens with zero attached hydrogens (tertiary/aromatic N) is 1. The van der Waals surface area contributed by atoms with Gasteiger partial charge in [0.25, 0.3) is 15.9 Å². The van der Waals surface area contributed by atoms with Crippen molar-refractivity contribution >= 4 is 21.6 Å². The molecular formula is C23H24N2O4S. The Morgan fingerprint density at radius 2 is 1.60 bits per heavy atom. The van der Waals surface area contributed by atoms with Crippen molar-refractivity contribution in [1.29, 1.82) is 0 Å². The number of furan rings is 1. The van der Waals surface area contributed by atoms with E-state index < -0.39 is 15.9 Å². The molecule has 1 amide bonds. The summed E-state index contributed by atoms with van der Waals surface area (Å²) in [6.45, 7) is 0.967. The number of hydrogen-bond acceptors (Lipinski definition) is 4. The lowest BCUT2D eigenvalue weighted by atomic mass is 10.0. The number of anilines is 1. The molecular weight excluding hydrogens is 400 g/mol. The minimum atomic E-state index is -3.71. The van der Waals surface area contributed by atoms with Crippen LogP contribution in [0.5, 0.6) is 0 Å². The molecule has 2 heterocycles. The minimum Gasteiger partial charge on any atom is -0.438 e. The largest absolute Gasteiger partial charge is 0.438 e. The van der Waals surface area contributed by atoms with Crippen LogP contribution in [0.3, 0.4) is 0 Å². The molecule has 30 heavy (non-hydrogen) atoms. The Hall–Kier alpha value is -2.90. The van der Waals surface area contributed by atoms with Crippen LogP contribution >= 0.6 is 0 Å². The van der Waals surface area contributed by atoms with E-state index in [0.29, 0.717) is 25.2 Å². The van der Waals surface area contributed by atoms with Crippen molar-refractivity contribution in [3.05, 3.63) is 83.6 Å². The lowest BCUT2D eigenvalue weighted by molar-refractivity contribution is 0.0991. The van der Waals surface area contributed by atoms with Gasteiger partial charge in [-0.1, -0.05) is 55.0 Å². The summed E-state index contributed by atoms with van der Waals surface area (Å²) in [5.41, 5.74) is 2.76. The SMILES string of the molecule is O=C(Nc1ccccc1Cc1ccccc1)c1ccc(S(=O)(=O)N2CCCCC2)o1. The Labute approximate surface area is 176 Å². The zero-order valence-electron chi connectivity index (χ0n) is 16.6. The van der Waals surface area contributed by atoms with Crippen LogP contribution < -0.4 is 5.32 Å². The van der Waals surface area contributed by atoms with Crippen molar-refractivity contribution in [1.82, 2.24) is 4.31 Å². The van der Waals surface area contributed by atoms with Crippen LogP contribution in [0.25, 0.3) is 0 Å². The van der Waals surface area contributed by atoms with E-state index in [-0.39, 0.29) is 10.9 Å². The third-order valence-electron chi connectivity index (χ3n) is 5.22. The number of piperidine rings is 1. The van der Waals surface area contributed by atoms with Crippen molar-refractivity contribution < 1.29 is 17.6 Å². The second-order valence-corrected chi connectivity index (χ2v) is 9.23. The summed E-state index contributed by atoms with van der Waals surface area (Å²) in [5.74, 6) is -0.504. The van der Waals surface area contributed by atoms with Crippen LogP contribution in [0.15, 0.2) is 76.2 Å². The van der Waals surface area contributed by atoms with E-state index in [9.17, 15) is 13.2 Å². The van der Waals surface area contributed by atoms with Crippen LogP contribution in [0.2, 0.25) is 0 Å². The Kier molecular flexibility index (Phi) is 6.01. The van der Waals surface area contributed by atoms with E-state index in [0.717, 1.165) is 30.4 Å². The van der Waals surface area contributed by atoms with E-state index in [1.807, 2.05) is 54.6 Å². The predicted octanol–water partition coefficient (Wildman–Crippen LogP) is 4.30. The zero-order valence-corrected chi connectivity index (χ0v) is 17.4. The van der Waals surface area contributed by atoms with Crippen LogP contribution in [-0.2, 0) is 16.4 Å². The molecule has 7 heteroatoms. The summed E-state index contributed by atoms with van der Waals surface area (Å²) < 4.78 is 32.4. The quantitative estimate of drug-likeness (QED) is 0.640. The number of benzene rings is 2. The molecule has 1 aliphatic heterocycles. The van der Waals surface area contributed by atoms with Crippen molar-refractivity contribution in [3.8, 4) is 0 Å². The molecule has 0 spiro atoms. The van der Waals surface area contributed by atoms with Gasteiger partial charge in [0.1, 0.15) is 0 Å². The highest BCUT2D eigenvalue weighted by Crippen LogP contribution is 2.24. The van der Waals surface area contributed by atoms with Crippen LogP contribution in [0, 0.1) is 0 Å². The fourth-order valence-electron chi connectivity index (χ4n) is 3.61. The van der Waals surface area contributed by atoms with E-state index in [2.05, 4.69) is 5.32 Å². The number of amides is 1. The highest BCUT2D eigenvalue weighted by Gasteiger charge is 2.29. The topological polar surface area (TPSA) is 79.6 Å². The van der Waals surface area contributed by atoms with Gasteiger partial charge in [-0.2, -0.15) is 4.31 Å². The summed E-state index contributed by atoms with van der Waals surface area (Å²) in [5, 5.41) is 2.66. The zero-order chi connectivity index (χ0) is 21.0. The number of hydrogen-bond donors (Lipinski definition) is 1. The second kappa shape index (κ2) is 8.85. The first-order valence-electron chi connectivity index (χ1n) is 10.1. The molecule has 3 aromatic rings. The third-order valence-corrected chi connectivity index (χ3v) is 6.99. The molecule has 6 nitrogen and oxygen atoms in total. The molecule has 1 N–H and O–H groups in total. The minimum absolute atomic E-state index is 0.0277. The molecule has 156 valence electrons. The van der Waals surface area contributed by atoms with E-state index in [1.165, 1.54) is 16.4 Å². The molecule has 1 saturated heterocycles. The smallest absolute Gasteiger partial charge is 0.291 e. The number of carbonyl (C=O) groups excluding carboxylic acids is 1. The van der Waals surface area contributed by atoms with Gasteiger partial charge in [0.05, 0.1) is 0 Å². The van der Waals surface area contributed by atoms with Crippen LogP contribution in [0.4, 0.5) is 5.69 Å². The molecule has 1 fully saturated rings. The summed E-state index contributed by atoms with van der Waals surface area (Å²) in [6.07, 6.45) is 3.38. The number of nitrogens with one attached hydrogen (secondary N) is 1. The van der Waals surface area contributed by atoms with Crippen LogP contribution in [0.1, 0.15) is 40.9 Å². The van der Waals surface area contributed by atoms with Gasteiger partial charge in [-0.05, 0) is 48.6 Å². The van der Waals surface area contributed by atoms with Crippen molar-refractivity contribution in [2.24, 2.45) is 0 Å². The molecule has 1 aromatic heterocycles. The lowest BCUT2D eigenvalue weighted by Crippen LogP contribution is -2.35. The maximum Gasteiger partial charge on any atom is 0.291 e. The van der Waals surface area contributed by atoms with Gasteiger partial charge in [-0.3, -0.25) is 4.79 Å². The Bertz CT molecular complexity index is 1120. The Balaban J connectivity index is 1.50. The molecule has 4 rings (SSSR count). The van der Waals surface area contributed by atoms with E-state index >= 15 is 0 Å². The molecule has 0 saturated carbocycles. The van der Waals surface area contributed by atoms with Gasteiger partial charge in [-0.15, -0.1) is 0 Å². The average Bonchev–Trinajstić information content (AvgIpc) is 3.28. The first-order chi connectivity index (χ1) is 14.5. The standard InChI is InChI=1S/C23H24N2O4S/c26-23(21-13-14-22(29-21)30(27,28)25-15-7-2-8-16-25)24-20-12-6-5-11-19(20)17-18-9-3-1-4-10-18/h1,3-6,9-14H,2,7-8,15-17H2,(H,24,26). The lowest BCUT2D eigenvalue weighted by Gasteiger charge is -2.24. The van der Waals surface area contributed by atoms with Gasteiger partial charge >= 0.3 is 0 Å². The van der Waals surface area contributed by atoms with Gasteiger partial charge < -0.3 is 9.73 Å². The van der Waals surface area contributed by atoms with Crippen molar-refractivity contribution in [3.63, 3.8) is 0 Å². The average molecular weight is 425 g/mol. The fraction of sp³-hybridized carbons (Fsp3) is 0.261. The number of para-hydroxylation sites is 1. The van der Waals surface area contributed by atoms with Gasteiger partial charge in [0, 0.05) is 18.8 Å². The molecule has 0 bridgehead atoms. The number of carbonyl (C=O) groups is 1. The first kappa shape index (κ1) is 20.4. The first-order valence-corrected chi connectivity index (χ1v) is 11.5. The van der Waals surface area contributed by atoms with E-state index in [1.54, 1.807) is 0 Å². The maximum absolute atomic E-state index is 12.7. The second-order valence-electron chi connectivity index (χ2n) is 7.36. The molecule has 0 radical (unpaired) electrons. The summed E-state index contributed by atoms with van der Waals surface area (Å²) in [4.78, 5) is 12.7. The Morgan fingerprint density at radius 3 is 2.37 bits per heavy atom. The fourth-order valence-corrected chi connectivity index (χ4v) is 5.04. The molecule has 2 aromatic carbocycles. The highest BCUT2D eigenvalue weighted by molar-refractivity contribution is 7.89. The molecule has 0 atom stereocenters. The summed E-state index contributed by atoms with van der Waals surface area (Å²) in [7, 11) is -3.71. The molecule has 0 aliphatic carbocycles. The summed E-state index contributed by atoms with van der Waals surface area (Å²) in [6, 6.07) is 20.3. The molecule has 0 unspecified atom stereocenters. The maximum atomic E-state index is 12.7. The van der Waals surface area contributed by atoms with Gasteiger partial charge in [0.2, 0.25) is 5.09 Å². The normalized spacial score (nSPS) is 15.1. The van der Waals surface area contributed by atoms with Gasteiger partial charge in [0.15, 0.2) is 5.76 Å². The predicted molar refractivity (Wildman–Crippen MR) is 115 cm³/mol. The van der Waals surface area contributed by atoms with E-state index in [4.69, 9.17) is 4.42 Å². The van der Waals surface area contributed by atoms with Crippen molar-refractivity contribution in [2.45, 2.75) is 30.8 Å². The highest BCUT2D eigenvalue weighted by atomic mass is 32.2. The molecule has 1 aliphatic rings. The summed E-state index contributed by atoms with van der Waals surface area (Å²) >= 11 is 0. The monoisotopic (exact) mass is 424 g/mol. The number of sulfonamides is 1.